The fourth-order valence-electron chi connectivity index (χ4n) is 3.02. The number of rotatable bonds is 6. The van der Waals surface area contributed by atoms with Crippen molar-refractivity contribution in [1.82, 2.24) is 5.32 Å². The van der Waals surface area contributed by atoms with Gasteiger partial charge < -0.3 is 50.2 Å². The largest absolute Gasteiger partial charge is 0.394 e. The Bertz CT molecular complexity index is 498. The van der Waals surface area contributed by atoms with E-state index >= 15 is 0 Å². The molecule has 2 saturated heterocycles. The predicted octanol–water partition coefficient (Wildman–Crippen LogP) is -4.27. The number of aliphatic hydroxyl groups is 6. The Labute approximate surface area is 147 Å². The first-order chi connectivity index (χ1) is 12.2. The molecule has 0 spiro atoms. The zero-order valence-corrected chi connectivity index (χ0v) is 13.9. The number of carbonyl (C=O) groups excluding carboxylic acids is 1. The molecule has 0 aromatic heterocycles. The topological polar surface area (TPSA) is 178 Å². The van der Waals surface area contributed by atoms with Crippen LogP contribution in [0.3, 0.4) is 0 Å². The summed E-state index contributed by atoms with van der Waals surface area (Å²) >= 11 is 0. The fourth-order valence-corrected chi connectivity index (χ4v) is 3.02. The van der Waals surface area contributed by atoms with Gasteiger partial charge in [-0.2, -0.15) is 0 Å². The summed E-state index contributed by atoms with van der Waals surface area (Å²) in [6.45, 7) is -1.78. The maximum absolute atomic E-state index is 12.9. The molecule has 0 saturated carbocycles. The maximum atomic E-state index is 12.9. The van der Waals surface area contributed by atoms with Gasteiger partial charge in [0.2, 0.25) is 11.7 Å². The Hall–Kier alpha value is -0.960. The lowest BCUT2D eigenvalue weighted by atomic mass is 9.96. The van der Waals surface area contributed by atoms with E-state index in [2.05, 4.69) is 5.32 Å². The van der Waals surface area contributed by atoms with Gasteiger partial charge in [-0.1, -0.05) is 0 Å². The summed E-state index contributed by atoms with van der Waals surface area (Å²) in [5, 5.41) is 61.2. The van der Waals surface area contributed by atoms with Crippen LogP contribution in [-0.4, -0.2) is 111 Å². The molecule has 0 aromatic carbocycles. The highest BCUT2D eigenvalue weighted by Gasteiger charge is 2.58. The molecule has 2 aliphatic heterocycles. The highest BCUT2D eigenvalue weighted by molar-refractivity contribution is 5.73. The summed E-state index contributed by atoms with van der Waals surface area (Å²) in [6, 6.07) is -1.37. The first-order valence-electron chi connectivity index (χ1n) is 7.99. The predicted molar refractivity (Wildman–Crippen MR) is 79.1 cm³/mol. The number of amides is 1. The van der Waals surface area contributed by atoms with Crippen LogP contribution in [0.15, 0.2) is 0 Å². The molecular formula is C14H24FNO10. The highest BCUT2D eigenvalue weighted by Crippen LogP contribution is 2.36. The van der Waals surface area contributed by atoms with Crippen molar-refractivity contribution in [2.45, 2.75) is 61.7 Å². The minimum absolute atomic E-state index is 0.617. The molecule has 0 aliphatic carbocycles. The smallest absolute Gasteiger partial charge is 0.224 e. The van der Waals surface area contributed by atoms with Gasteiger partial charge in [-0.3, -0.25) is 4.79 Å². The lowest BCUT2D eigenvalue weighted by Gasteiger charge is -2.45. The van der Waals surface area contributed by atoms with Crippen LogP contribution < -0.4 is 5.32 Å². The second kappa shape index (κ2) is 8.37. The number of aliphatic hydroxyl groups excluding tert-OH is 6. The van der Waals surface area contributed by atoms with E-state index in [9.17, 15) is 39.8 Å². The van der Waals surface area contributed by atoms with E-state index in [1.54, 1.807) is 0 Å². The summed E-state index contributed by atoms with van der Waals surface area (Å²) in [6.07, 6.45) is -11.2. The molecule has 152 valence electrons. The molecule has 12 heteroatoms. The number of hydrogen-bond acceptors (Lipinski definition) is 10. The summed E-state index contributed by atoms with van der Waals surface area (Å²) < 4.78 is 28.7. The zero-order valence-electron chi connectivity index (χ0n) is 13.9. The van der Waals surface area contributed by atoms with E-state index in [-0.39, 0.29) is 0 Å². The number of nitrogens with one attached hydrogen (secondary N) is 1. The molecule has 2 heterocycles. The Morgan fingerprint density at radius 2 is 1.81 bits per heavy atom. The van der Waals surface area contributed by atoms with Gasteiger partial charge in [0.1, 0.15) is 55.9 Å². The van der Waals surface area contributed by atoms with Gasteiger partial charge in [0.05, 0.1) is 6.61 Å². The number of ether oxygens (including phenoxy) is 3. The minimum Gasteiger partial charge on any atom is -0.394 e. The minimum atomic E-state index is -2.31. The van der Waals surface area contributed by atoms with Gasteiger partial charge in [-0.15, -0.1) is 0 Å². The second-order valence-electron chi connectivity index (χ2n) is 6.27. The average Bonchev–Trinajstić information content (AvgIpc) is 2.86. The average molecular weight is 385 g/mol. The van der Waals surface area contributed by atoms with Crippen LogP contribution in [0, 0.1) is 0 Å². The number of halogens is 1. The standard InChI is InChI=1S/C14H24FNO10/c1-5(19)16-8-11(22)9(20)7(3-17)24-13(8)26-14(4-18)12(23)10(21)6(2-15)25-14/h6-13,17-18,20-23H,2-4H2,1H3,(H,16,19)/t6-,7-,8-,9-,10-,11-,12+,13-,14+/m1/s1. The van der Waals surface area contributed by atoms with Gasteiger partial charge in [0.15, 0.2) is 6.29 Å². The second-order valence-corrected chi connectivity index (χ2v) is 6.27. The van der Waals surface area contributed by atoms with E-state index in [1.807, 2.05) is 0 Å². The third-order valence-corrected chi connectivity index (χ3v) is 4.44. The van der Waals surface area contributed by atoms with Gasteiger partial charge in [-0.05, 0) is 0 Å². The number of carbonyl (C=O) groups is 1. The van der Waals surface area contributed by atoms with Crippen LogP contribution >= 0.6 is 0 Å². The van der Waals surface area contributed by atoms with Crippen LogP contribution in [0.25, 0.3) is 0 Å². The van der Waals surface area contributed by atoms with Crippen molar-refractivity contribution in [3.05, 3.63) is 0 Å². The molecule has 2 fully saturated rings. The van der Waals surface area contributed by atoms with Crippen LogP contribution in [-0.2, 0) is 19.0 Å². The van der Waals surface area contributed by atoms with E-state index in [0.717, 1.165) is 6.92 Å². The molecule has 11 nitrogen and oxygen atoms in total. The Kier molecular flexibility index (Phi) is 6.87. The molecular weight excluding hydrogens is 361 g/mol. The SMILES string of the molecule is CC(=O)N[C@H]1[C@@H](O[C@]2(CO)O[C@H](CF)[C@@H](O)[C@@H]2O)O[C@H](CO)[C@@H](O)[C@@H]1O. The molecule has 0 radical (unpaired) electrons. The normalized spacial score (nSPS) is 46.3. The van der Waals surface area contributed by atoms with Gasteiger partial charge in [0.25, 0.3) is 0 Å². The zero-order chi connectivity index (χ0) is 19.6. The summed E-state index contributed by atoms with van der Waals surface area (Å²) in [5.74, 6) is -2.92. The third kappa shape index (κ3) is 3.83. The summed E-state index contributed by atoms with van der Waals surface area (Å²) in [4.78, 5) is 11.4. The van der Waals surface area contributed by atoms with Crippen molar-refractivity contribution in [3.63, 3.8) is 0 Å². The van der Waals surface area contributed by atoms with Crippen molar-refractivity contribution in [2.75, 3.05) is 19.9 Å². The van der Waals surface area contributed by atoms with Crippen LogP contribution in [0.1, 0.15) is 6.92 Å². The first-order valence-corrected chi connectivity index (χ1v) is 7.99. The van der Waals surface area contributed by atoms with Crippen LogP contribution in [0.4, 0.5) is 4.39 Å². The Morgan fingerprint density at radius 1 is 1.15 bits per heavy atom. The maximum Gasteiger partial charge on any atom is 0.224 e. The monoisotopic (exact) mass is 385 g/mol. The van der Waals surface area contributed by atoms with Crippen molar-refractivity contribution >= 4 is 5.91 Å². The molecule has 2 aliphatic rings. The highest BCUT2D eigenvalue weighted by atomic mass is 19.1. The molecule has 26 heavy (non-hydrogen) atoms. The lowest BCUT2D eigenvalue weighted by Crippen LogP contribution is -2.67. The quantitative estimate of drug-likeness (QED) is 0.237. The first kappa shape index (κ1) is 21.3. The Morgan fingerprint density at radius 3 is 2.27 bits per heavy atom. The van der Waals surface area contributed by atoms with E-state index in [4.69, 9.17) is 14.2 Å². The molecule has 1 amide bonds. The van der Waals surface area contributed by atoms with E-state index in [0.29, 0.717) is 0 Å². The van der Waals surface area contributed by atoms with Crippen molar-refractivity contribution in [2.24, 2.45) is 0 Å². The molecule has 9 atom stereocenters. The van der Waals surface area contributed by atoms with Crippen LogP contribution in [0.2, 0.25) is 0 Å². The molecule has 0 bridgehead atoms. The van der Waals surface area contributed by atoms with Crippen LogP contribution in [0.5, 0.6) is 0 Å². The lowest BCUT2D eigenvalue weighted by molar-refractivity contribution is -0.368. The summed E-state index contributed by atoms with van der Waals surface area (Å²) in [5.41, 5.74) is 0. The van der Waals surface area contributed by atoms with Crippen molar-refractivity contribution in [3.8, 4) is 0 Å². The molecule has 0 unspecified atom stereocenters. The van der Waals surface area contributed by atoms with Gasteiger partial charge in [-0.25, -0.2) is 4.39 Å². The fraction of sp³-hybridized carbons (Fsp3) is 0.929. The van der Waals surface area contributed by atoms with E-state index in [1.165, 1.54) is 0 Å². The number of alkyl halides is 1. The third-order valence-electron chi connectivity index (χ3n) is 4.44. The molecule has 7 N–H and O–H groups in total. The van der Waals surface area contributed by atoms with Gasteiger partial charge in [0, 0.05) is 6.92 Å². The van der Waals surface area contributed by atoms with Crippen molar-refractivity contribution in [1.29, 1.82) is 0 Å². The Balaban J connectivity index is 2.28. The van der Waals surface area contributed by atoms with Gasteiger partial charge >= 0.3 is 0 Å². The van der Waals surface area contributed by atoms with Crippen molar-refractivity contribution < 1.29 is 54.0 Å². The van der Waals surface area contributed by atoms with E-state index < -0.39 is 80.5 Å². The molecule has 0 aromatic rings. The summed E-state index contributed by atoms with van der Waals surface area (Å²) in [7, 11) is 0. The molecule has 2 rings (SSSR count). The number of hydrogen-bond donors (Lipinski definition) is 7.